The second-order valence-corrected chi connectivity index (χ2v) is 7.31. The number of aryl methyl sites for hydroxylation is 2. The normalized spacial score (nSPS) is 11.8. The number of nitriles is 1. The molecule has 0 aliphatic rings. The van der Waals surface area contributed by atoms with E-state index in [-0.39, 0.29) is 11.0 Å². The maximum atomic E-state index is 12.4. The molecular formula is C22H24N2O. The maximum Gasteiger partial charge on any atom is 0.266 e. The van der Waals surface area contributed by atoms with Crippen molar-refractivity contribution >= 4 is 17.7 Å². The molecule has 2 rings (SSSR count). The highest BCUT2D eigenvalue weighted by molar-refractivity contribution is 6.09. The van der Waals surface area contributed by atoms with Gasteiger partial charge in [-0.15, -0.1) is 0 Å². The minimum absolute atomic E-state index is 0.0701. The van der Waals surface area contributed by atoms with Crippen LogP contribution >= 0.6 is 0 Å². The van der Waals surface area contributed by atoms with Gasteiger partial charge in [0, 0.05) is 5.69 Å². The Morgan fingerprint density at radius 1 is 1.08 bits per heavy atom. The fourth-order valence-electron chi connectivity index (χ4n) is 2.54. The molecule has 0 radical (unpaired) electrons. The van der Waals surface area contributed by atoms with Crippen molar-refractivity contribution < 1.29 is 4.79 Å². The van der Waals surface area contributed by atoms with E-state index in [4.69, 9.17) is 0 Å². The van der Waals surface area contributed by atoms with Gasteiger partial charge in [-0.05, 0) is 48.1 Å². The first-order chi connectivity index (χ1) is 11.7. The number of hydrogen-bond acceptors (Lipinski definition) is 2. The predicted molar refractivity (Wildman–Crippen MR) is 103 cm³/mol. The Hall–Kier alpha value is -2.86. The number of hydrogen-bond donors (Lipinski definition) is 1. The predicted octanol–water partition coefficient (Wildman–Crippen LogP) is 5.15. The molecule has 1 amide bonds. The van der Waals surface area contributed by atoms with Crippen LogP contribution in [0.5, 0.6) is 0 Å². The molecule has 0 bridgehead atoms. The van der Waals surface area contributed by atoms with Gasteiger partial charge in [0.1, 0.15) is 11.6 Å². The number of benzene rings is 2. The maximum absolute atomic E-state index is 12.4. The first-order valence-corrected chi connectivity index (χ1v) is 8.31. The van der Waals surface area contributed by atoms with Crippen LogP contribution in [-0.4, -0.2) is 5.91 Å². The van der Waals surface area contributed by atoms with Crippen molar-refractivity contribution in [2.24, 2.45) is 0 Å². The minimum atomic E-state index is -0.394. The van der Waals surface area contributed by atoms with Gasteiger partial charge >= 0.3 is 0 Å². The van der Waals surface area contributed by atoms with Crippen LogP contribution in [-0.2, 0) is 10.2 Å². The van der Waals surface area contributed by atoms with Gasteiger partial charge in [-0.3, -0.25) is 4.79 Å². The molecule has 0 saturated carbocycles. The van der Waals surface area contributed by atoms with Crippen LogP contribution < -0.4 is 5.32 Å². The zero-order valence-electron chi connectivity index (χ0n) is 15.5. The third-order valence-corrected chi connectivity index (χ3v) is 4.08. The number of nitrogens with zero attached hydrogens (tertiary/aromatic N) is 1. The van der Waals surface area contributed by atoms with E-state index in [9.17, 15) is 10.1 Å². The topological polar surface area (TPSA) is 52.9 Å². The second-order valence-electron chi connectivity index (χ2n) is 7.31. The van der Waals surface area contributed by atoms with Gasteiger partial charge < -0.3 is 5.32 Å². The number of nitrogens with one attached hydrogen (secondary N) is 1. The molecule has 0 aromatic heterocycles. The van der Waals surface area contributed by atoms with Crippen molar-refractivity contribution in [3.8, 4) is 6.07 Å². The molecule has 0 heterocycles. The molecule has 3 heteroatoms. The van der Waals surface area contributed by atoms with E-state index in [2.05, 4.69) is 26.1 Å². The molecule has 0 atom stereocenters. The van der Waals surface area contributed by atoms with Gasteiger partial charge in [-0.1, -0.05) is 62.7 Å². The summed E-state index contributed by atoms with van der Waals surface area (Å²) in [5, 5.41) is 12.2. The molecule has 2 aromatic carbocycles. The molecule has 0 spiro atoms. The van der Waals surface area contributed by atoms with Crippen LogP contribution in [0.4, 0.5) is 5.69 Å². The summed E-state index contributed by atoms with van der Waals surface area (Å²) in [5.74, 6) is -0.394. The highest BCUT2D eigenvalue weighted by Gasteiger charge is 2.14. The van der Waals surface area contributed by atoms with Crippen molar-refractivity contribution in [3.05, 3.63) is 70.3 Å². The zero-order valence-corrected chi connectivity index (χ0v) is 15.5. The van der Waals surface area contributed by atoms with E-state index in [1.54, 1.807) is 6.08 Å². The number of carbonyl (C=O) groups is 1. The van der Waals surface area contributed by atoms with Crippen molar-refractivity contribution in [2.75, 3.05) is 5.32 Å². The molecule has 0 aliphatic carbocycles. The van der Waals surface area contributed by atoms with E-state index in [0.29, 0.717) is 0 Å². The van der Waals surface area contributed by atoms with Crippen LogP contribution in [0.15, 0.2) is 48.0 Å². The standard InChI is InChI=1S/C22H24N2O/c1-15-6-11-20(16(2)12-15)24-21(25)18(14-23)13-17-7-9-19(10-8-17)22(3,4)5/h6-13H,1-5H3,(H,24,25)/b18-13+. The largest absolute Gasteiger partial charge is 0.321 e. The van der Waals surface area contributed by atoms with Crippen molar-refractivity contribution in [2.45, 2.75) is 40.0 Å². The average molecular weight is 332 g/mol. The molecule has 0 unspecified atom stereocenters. The van der Waals surface area contributed by atoms with Crippen molar-refractivity contribution in [3.63, 3.8) is 0 Å². The lowest BCUT2D eigenvalue weighted by molar-refractivity contribution is -0.112. The summed E-state index contributed by atoms with van der Waals surface area (Å²) in [6.07, 6.45) is 1.62. The van der Waals surface area contributed by atoms with Crippen LogP contribution in [0.25, 0.3) is 6.08 Å². The van der Waals surface area contributed by atoms with Gasteiger partial charge in [0.05, 0.1) is 0 Å². The highest BCUT2D eigenvalue weighted by atomic mass is 16.1. The van der Waals surface area contributed by atoms with Crippen LogP contribution in [0, 0.1) is 25.2 Å². The minimum Gasteiger partial charge on any atom is -0.321 e. The smallest absolute Gasteiger partial charge is 0.266 e. The third kappa shape index (κ3) is 4.81. The fourth-order valence-corrected chi connectivity index (χ4v) is 2.54. The summed E-state index contributed by atoms with van der Waals surface area (Å²) in [4.78, 5) is 12.4. The summed E-state index contributed by atoms with van der Waals surface area (Å²) < 4.78 is 0. The SMILES string of the molecule is Cc1ccc(NC(=O)/C(C#N)=C/c2ccc(C(C)(C)C)cc2)c(C)c1. The molecule has 0 fully saturated rings. The summed E-state index contributed by atoms with van der Waals surface area (Å²) in [5.41, 5.74) is 5.03. The Labute approximate surface area is 150 Å². The highest BCUT2D eigenvalue weighted by Crippen LogP contribution is 2.23. The summed E-state index contributed by atoms with van der Waals surface area (Å²) in [7, 11) is 0. The van der Waals surface area contributed by atoms with Crippen molar-refractivity contribution in [1.29, 1.82) is 5.26 Å². The van der Waals surface area contributed by atoms with Crippen LogP contribution in [0.3, 0.4) is 0 Å². The number of amides is 1. The lowest BCUT2D eigenvalue weighted by Crippen LogP contribution is -2.14. The first kappa shape index (κ1) is 18.5. The van der Waals surface area contributed by atoms with Gasteiger partial charge in [-0.25, -0.2) is 0 Å². The van der Waals surface area contributed by atoms with Crippen LogP contribution in [0.2, 0.25) is 0 Å². The second kappa shape index (κ2) is 7.36. The van der Waals surface area contributed by atoms with Gasteiger partial charge in [0.25, 0.3) is 5.91 Å². The fraction of sp³-hybridized carbons (Fsp3) is 0.273. The Kier molecular flexibility index (Phi) is 5.44. The summed E-state index contributed by atoms with van der Waals surface area (Å²) in [6, 6.07) is 15.7. The lowest BCUT2D eigenvalue weighted by Gasteiger charge is -2.18. The van der Waals surface area contributed by atoms with Gasteiger partial charge in [0.2, 0.25) is 0 Å². The molecule has 25 heavy (non-hydrogen) atoms. The Bertz CT molecular complexity index is 847. The molecule has 0 aliphatic heterocycles. The molecule has 128 valence electrons. The van der Waals surface area contributed by atoms with Crippen molar-refractivity contribution in [1.82, 2.24) is 0 Å². The lowest BCUT2D eigenvalue weighted by atomic mass is 9.86. The summed E-state index contributed by atoms with van der Waals surface area (Å²) in [6.45, 7) is 10.4. The molecule has 0 saturated heterocycles. The first-order valence-electron chi connectivity index (χ1n) is 8.31. The number of carbonyl (C=O) groups excluding carboxylic acids is 1. The average Bonchev–Trinajstić information content (AvgIpc) is 2.54. The van der Waals surface area contributed by atoms with E-state index < -0.39 is 5.91 Å². The van der Waals surface area contributed by atoms with E-state index in [1.165, 1.54) is 5.56 Å². The molecule has 2 aromatic rings. The Morgan fingerprint density at radius 3 is 2.24 bits per heavy atom. The quantitative estimate of drug-likeness (QED) is 0.624. The van der Waals surface area contributed by atoms with Gasteiger partial charge in [0.15, 0.2) is 0 Å². The zero-order chi connectivity index (χ0) is 18.6. The molecular weight excluding hydrogens is 308 g/mol. The molecule has 1 N–H and O–H groups in total. The third-order valence-electron chi connectivity index (χ3n) is 4.08. The van der Waals surface area contributed by atoms with E-state index in [0.717, 1.165) is 22.4 Å². The van der Waals surface area contributed by atoms with Crippen LogP contribution in [0.1, 0.15) is 43.0 Å². The number of anilines is 1. The summed E-state index contributed by atoms with van der Waals surface area (Å²) >= 11 is 0. The Balaban J connectivity index is 2.22. The Morgan fingerprint density at radius 2 is 1.72 bits per heavy atom. The monoisotopic (exact) mass is 332 g/mol. The van der Waals surface area contributed by atoms with Gasteiger partial charge in [-0.2, -0.15) is 5.26 Å². The van der Waals surface area contributed by atoms with E-state index in [1.807, 2.05) is 62.4 Å². The number of rotatable bonds is 3. The van der Waals surface area contributed by atoms with E-state index >= 15 is 0 Å². The molecule has 3 nitrogen and oxygen atoms in total.